The number of hydrogen-bond donors (Lipinski definition) is 2. The lowest BCUT2D eigenvalue weighted by atomic mass is 10.0. The summed E-state index contributed by atoms with van der Waals surface area (Å²) in [7, 11) is -1.70. The van der Waals surface area contributed by atoms with Gasteiger partial charge in [0.2, 0.25) is 10.0 Å². The van der Waals surface area contributed by atoms with Crippen molar-refractivity contribution in [2.45, 2.75) is 13.5 Å². The minimum Gasteiger partial charge on any atom is -0.345 e. The molecular formula is C26H23N5O3S. The van der Waals surface area contributed by atoms with E-state index in [1.165, 1.54) is 0 Å². The summed E-state index contributed by atoms with van der Waals surface area (Å²) in [6.45, 7) is 2.14. The molecule has 3 heterocycles. The number of hydrogen-bond acceptors (Lipinski definition) is 4. The minimum atomic E-state index is -3.51. The lowest BCUT2D eigenvalue weighted by Gasteiger charge is -2.12. The Morgan fingerprint density at radius 1 is 1.09 bits per heavy atom. The quantitative estimate of drug-likeness (QED) is 0.376. The molecule has 0 amide bonds. The minimum absolute atomic E-state index is 0.0473. The standard InChI is InChI=1S/C26H23N5O3S/c1-3-35(33,34)29-23-12-19(22-16-30(2)25-20(22)8-10-28-26(25)32)13-24-21(23)9-11-31(24)15-18-6-4-17(14-27)5-7-18/h4-13,16,29H,3,15H2,1-2H3,(H,28,32). The second-order valence-corrected chi connectivity index (χ2v) is 10.4. The number of pyridine rings is 1. The van der Waals surface area contributed by atoms with E-state index in [0.717, 1.165) is 33.0 Å². The summed E-state index contributed by atoms with van der Waals surface area (Å²) < 4.78 is 31.5. The van der Waals surface area contributed by atoms with Crippen molar-refractivity contribution in [1.29, 1.82) is 5.26 Å². The molecule has 0 bridgehead atoms. The molecule has 9 heteroatoms. The van der Waals surface area contributed by atoms with E-state index in [0.29, 0.717) is 23.3 Å². The fraction of sp³-hybridized carbons (Fsp3) is 0.154. The van der Waals surface area contributed by atoms with Crippen molar-refractivity contribution < 1.29 is 8.42 Å². The highest BCUT2D eigenvalue weighted by molar-refractivity contribution is 7.92. The smallest absolute Gasteiger partial charge is 0.272 e. The Morgan fingerprint density at radius 3 is 2.57 bits per heavy atom. The molecule has 35 heavy (non-hydrogen) atoms. The van der Waals surface area contributed by atoms with Gasteiger partial charge in [0, 0.05) is 48.5 Å². The van der Waals surface area contributed by atoms with Gasteiger partial charge in [0.05, 0.1) is 28.6 Å². The van der Waals surface area contributed by atoms with Crippen LogP contribution in [-0.2, 0) is 23.6 Å². The Morgan fingerprint density at radius 2 is 1.86 bits per heavy atom. The molecule has 0 radical (unpaired) electrons. The molecule has 0 atom stereocenters. The predicted molar refractivity (Wildman–Crippen MR) is 138 cm³/mol. The van der Waals surface area contributed by atoms with Gasteiger partial charge in [-0.2, -0.15) is 5.26 Å². The Bertz CT molecular complexity index is 1790. The first-order valence-corrected chi connectivity index (χ1v) is 12.7. The number of H-pyrrole nitrogens is 1. The zero-order valence-electron chi connectivity index (χ0n) is 19.2. The predicted octanol–water partition coefficient (Wildman–Crippen LogP) is 4.17. The summed E-state index contributed by atoms with van der Waals surface area (Å²) in [5.74, 6) is -0.0473. The first-order valence-electron chi connectivity index (χ1n) is 11.1. The monoisotopic (exact) mass is 485 g/mol. The first-order chi connectivity index (χ1) is 16.8. The Kier molecular flexibility index (Phi) is 5.46. The zero-order chi connectivity index (χ0) is 24.7. The van der Waals surface area contributed by atoms with Crippen LogP contribution in [0.25, 0.3) is 32.9 Å². The van der Waals surface area contributed by atoms with Crippen LogP contribution in [0.1, 0.15) is 18.1 Å². The van der Waals surface area contributed by atoms with Crippen LogP contribution in [0, 0.1) is 11.3 Å². The average Bonchev–Trinajstić information content (AvgIpc) is 3.41. The van der Waals surface area contributed by atoms with Crippen molar-refractivity contribution >= 4 is 37.5 Å². The molecule has 0 saturated heterocycles. The van der Waals surface area contributed by atoms with E-state index >= 15 is 0 Å². The average molecular weight is 486 g/mol. The van der Waals surface area contributed by atoms with Gasteiger partial charge >= 0.3 is 0 Å². The van der Waals surface area contributed by atoms with E-state index in [2.05, 4.69) is 15.8 Å². The lowest BCUT2D eigenvalue weighted by Crippen LogP contribution is -2.14. The van der Waals surface area contributed by atoms with Gasteiger partial charge in [0.1, 0.15) is 5.52 Å². The summed E-state index contributed by atoms with van der Waals surface area (Å²) in [5, 5.41) is 10.6. The number of benzene rings is 2. The second kappa shape index (κ2) is 8.49. The molecule has 176 valence electrons. The van der Waals surface area contributed by atoms with Gasteiger partial charge in [-0.05, 0) is 54.4 Å². The Hall–Kier alpha value is -4.29. The summed E-state index contributed by atoms with van der Waals surface area (Å²) in [4.78, 5) is 15.1. The Labute approximate surface area is 202 Å². The maximum atomic E-state index is 12.5. The number of sulfonamides is 1. The van der Waals surface area contributed by atoms with Crippen molar-refractivity contribution in [2.24, 2.45) is 7.05 Å². The highest BCUT2D eigenvalue weighted by Crippen LogP contribution is 2.36. The molecule has 0 unspecified atom stereocenters. The van der Waals surface area contributed by atoms with Crippen LogP contribution in [0.15, 0.2) is 71.9 Å². The van der Waals surface area contributed by atoms with Crippen molar-refractivity contribution in [3.63, 3.8) is 0 Å². The Balaban J connectivity index is 1.71. The maximum absolute atomic E-state index is 12.5. The molecule has 0 aliphatic carbocycles. The van der Waals surface area contributed by atoms with Crippen molar-refractivity contribution in [3.8, 4) is 17.2 Å². The van der Waals surface area contributed by atoms with Crippen LogP contribution in [0.3, 0.4) is 0 Å². The fourth-order valence-electron chi connectivity index (χ4n) is 4.39. The number of aromatic nitrogens is 3. The largest absolute Gasteiger partial charge is 0.345 e. The van der Waals surface area contributed by atoms with E-state index < -0.39 is 10.0 Å². The van der Waals surface area contributed by atoms with E-state index in [-0.39, 0.29) is 11.3 Å². The lowest BCUT2D eigenvalue weighted by molar-refractivity contribution is 0.602. The van der Waals surface area contributed by atoms with Gasteiger partial charge in [-0.25, -0.2) is 8.42 Å². The third-order valence-electron chi connectivity index (χ3n) is 6.18. The zero-order valence-corrected chi connectivity index (χ0v) is 20.1. The number of aryl methyl sites for hydroxylation is 1. The maximum Gasteiger partial charge on any atom is 0.272 e. The summed E-state index contributed by atoms with van der Waals surface area (Å²) >= 11 is 0. The van der Waals surface area contributed by atoms with Gasteiger partial charge in [-0.15, -0.1) is 0 Å². The van der Waals surface area contributed by atoms with Gasteiger partial charge in [0.25, 0.3) is 5.56 Å². The SMILES string of the molecule is CCS(=O)(=O)Nc1cc(-c2cn(C)c3c(=O)[nH]ccc23)cc2c1ccn2Cc1ccc(C#N)cc1. The molecule has 5 aromatic rings. The topological polar surface area (TPSA) is 113 Å². The van der Waals surface area contributed by atoms with Crippen LogP contribution in [0.4, 0.5) is 5.69 Å². The molecular weight excluding hydrogens is 462 g/mol. The normalized spacial score (nSPS) is 11.7. The molecule has 8 nitrogen and oxygen atoms in total. The molecule has 5 rings (SSSR count). The summed E-state index contributed by atoms with van der Waals surface area (Å²) in [6, 6.07) is 17.1. The number of fused-ring (bicyclic) bond motifs is 2. The molecule has 0 spiro atoms. The summed E-state index contributed by atoms with van der Waals surface area (Å²) in [6.07, 6.45) is 5.41. The van der Waals surface area contributed by atoms with Gasteiger partial charge < -0.3 is 14.1 Å². The third kappa shape index (κ3) is 4.09. The van der Waals surface area contributed by atoms with E-state index in [1.807, 2.05) is 60.4 Å². The third-order valence-corrected chi connectivity index (χ3v) is 7.47. The highest BCUT2D eigenvalue weighted by Gasteiger charge is 2.17. The second-order valence-electron chi connectivity index (χ2n) is 8.44. The van der Waals surface area contributed by atoms with Crippen LogP contribution in [0.2, 0.25) is 0 Å². The van der Waals surface area contributed by atoms with Crippen LogP contribution >= 0.6 is 0 Å². The summed E-state index contributed by atoms with van der Waals surface area (Å²) in [5.41, 5.74) is 4.93. The molecule has 0 aliphatic heterocycles. The first kappa shape index (κ1) is 22.5. The van der Waals surface area contributed by atoms with Crippen LogP contribution < -0.4 is 10.3 Å². The van der Waals surface area contributed by atoms with Crippen molar-refractivity contribution in [1.82, 2.24) is 14.1 Å². The van der Waals surface area contributed by atoms with Crippen LogP contribution in [0.5, 0.6) is 0 Å². The van der Waals surface area contributed by atoms with E-state index in [1.54, 1.807) is 29.8 Å². The number of rotatable bonds is 6. The van der Waals surface area contributed by atoms with Crippen LogP contribution in [-0.4, -0.2) is 28.3 Å². The number of anilines is 1. The molecule has 2 aromatic carbocycles. The molecule has 0 aliphatic rings. The fourth-order valence-corrected chi connectivity index (χ4v) is 5.04. The van der Waals surface area contributed by atoms with Crippen molar-refractivity contribution in [3.05, 3.63) is 88.6 Å². The number of nitrogens with zero attached hydrogens (tertiary/aromatic N) is 3. The number of nitriles is 1. The van der Waals surface area contributed by atoms with Gasteiger partial charge in [-0.3, -0.25) is 9.52 Å². The van der Waals surface area contributed by atoms with Gasteiger partial charge in [-0.1, -0.05) is 12.1 Å². The number of aromatic amines is 1. The van der Waals surface area contributed by atoms with E-state index in [9.17, 15) is 13.2 Å². The van der Waals surface area contributed by atoms with E-state index in [4.69, 9.17) is 5.26 Å². The van der Waals surface area contributed by atoms with Crippen molar-refractivity contribution in [2.75, 3.05) is 10.5 Å². The van der Waals surface area contributed by atoms with Gasteiger partial charge in [0.15, 0.2) is 0 Å². The molecule has 0 saturated carbocycles. The number of nitrogens with one attached hydrogen (secondary N) is 2. The molecule has 2 N–H and O–H groups in total. The molecule has 3 aromatic heterocycles. The molecule has 0 fully saturated rings. The highest BCUT2D eigenvalue weighted by atomic mass is 32.2.